The molecule has 1 N–H and O–H groups in total. The lowest BCUT2D eigenvalue weighted by atomic mass is 10.0. The Labute approximate surface area is 207 Å². The molecule has 3 aromatic carbocycles. The minimum Gasteiger partial charge on any atom is -0.497 e. The Morgan fingerprint density at radius 3 is 2.40 bits per heavy atom. The first kappa shape index (κ1) is 26.1. The second kappa shape index (κ2) is 11.8. The Morgan fingerprint density at radius 2 is 1.71 bits per heavy atom. The van der Waals surface area contributed by atoms with Crippen LogP contribution in [-0.4, -0.2) is 41.1 Å². The third-order valence-electron chi connectivity index (χ3n) is 5.46. The molecule has 3 aromatic rings. The van der Waals surface area contributed by atoms with Crippen LogP contribution in [0.1, 0.15) is 30.9 Å². The monoisotopic (exact) mass is 496 g/mol. The van der Waals surface area contributed by atoms with Crippen molar-refractivity contribution in [3.8, 4) is 11.5 Å². The number of carbonyl (C=O) groups excluding carboxylic acids is 1. The molecule has 1 amide bonds. The molecule has 0 bridgehead atoms. The zero-order valence-electron chi connectivity index (χ0n) is 20.5. The normalized spacial score (nSPS) is 11.2. The van der Waals surface area contributed by atoms with Crippen molar-refractivity contribution in [2.45, 2.75) is 31.6 Å². The summed E-state index contributed by atoms with van der Waals surface area (Å²) in [7, 11) is -2.49. The molecular weight excluding hydrogens is 464 g/mol. The molecule has 8 heteroatoms. The predicted octanol–water partition coefficient (Wildman–Crippen LogP) is 4.52. The minimum absolute atomic E-state index is 0.104. The van der Waals surface area contributed by atoms with E-state index in [0.717, 1.165) is 21.2 Å². The summed E-state index contributed by atoms with van der Waals surface area (Å²) in [6.45, 7) is 6.18. The van der Waals surface area contributed by atoms with Crippen molar-refractivity contribution < 1.29 is 22.7 Å². The summed E-state index contributed by atoms with van der Waals surface area (Å²) in [6, 6.07) is 20.9. The molecule has 0 aliphatic carbocycles. The van der Waals surface area contributed by atoms with E-state index in [1.807, 2.05) is 31.2 Å². The number of benzene rings is 3. The van der Waals surface area contributed by atoms with Gasteiger partial charge in [-0.3, -0.25) is 9.10 Å². The molecule has 186 valence electrons. The molecule has 0 fully saturated rings. The second-order valence-electron chi connectivity index (χ2n) is 8.42. The number of rotatable bonds is 11. The number of amides is 1. The summed E-state index contributed by atoms with van der Waals surface area (Å²) >= 11 is 0. The van der Waals surface area contributed by atoms with Crippen LogP contribution in [0.25, 0.3) is 0 Å². The summed E-state index contributed by atoms with van der Waals surface area (Å²) in [5, 5.41) is 2.76. The summed E-state index contributed by atoms with van der Waals surface area (Å²) in [6.07, 6.45) is 0. The lowest BCUT2D eigenvalue weighted by Crippen LogP contribution is -2.42. The molecule has 0 saturated carbocycles. The maximum atomic E-state index is 13.5. The Morgan fingerprint density at radius 1 is 1.00 bits per heavy atom. The molecule has 0 aromatic heterocycles. The van der Waals surface area contributed by atoms with Crippen molar-refractivity contribution in [1.82, 2.24) is 5.32 Å². The average Bonchev–Trinajstić information content (AvgIpc) is 2.85. The van der Waals surface area contributed by atoms with Crippen molar-refractivity contribution in [2.24, 2.45) is 0 Å². The van der Waals surface area contributed by atoms with Gasteiger partial charge in [-0.15, -0.1) is 0 Å². The number of ether oxygens (including phenoxy) is 2. The van der Waals surface area contributed by atoms with Gasteiger partial charge in [-0.1, -0.05) is 55.8 Å². The molecular formula is C27H32N2O5S. The fourth-order valence-electron chi connectivity index (χ4n) is 3.54. The average molecular weight is 497 g/mol. The van der Waals surface area contributed by atoms with Crippen LogP contribution >= 0.6 is 0 Å². The Balaban J connectivity index is 1.73. The molecule has 0 spiro atoms. The number of nitrogens with one attached hydrogen (secondary N) is 1. The smallest absolute Gasteiger partial charge is 0.264 e. The second-order valence-corrected chi connectivity index (χ2v) is 10.3. The Hall–Kier alpha value is -3.52. The van der Waals surface area contributed by atoms with Gasteiger partial charge in [0.05, 0.1) is 24.2 Å². The lowest BCUT2D eigenvalue weighted by Gasteiger charge is -2.24. The molecule has 0 aliphatic rings. The number of anilines is 1. The first-order valence-electron chi connectivity index (χ1n) is 11.4. The van der Waals surface area contributed by atoms with Gasteiger partial charge in [0.25, 0.3) is 10.0 Å². The number of hydrogen-bond donors (Lipinski definition) is 1. The molecule has 0 aliphatic heterocycles. The van der Waals surface area contributed by atoms with Gasteiger partial charge < -0.3 is 14.8 Å². The van der Waals surface area contributed by atoms with Gasteiger partial charge >= 0.3 is 0 Å². The third-order valence-corrected chi connectivity index (χ3v) is 7.25. The van der Waals surface area contributed by atoms with Gasteiger partial charge in [-0.25, -0.2) is 8.42 Å². The SMILES string of the molecule is COc1cccc(N(CC(=O)NCCOc2ccccc2C(C)C)S(=O)(=O)c2ccc(C)cc2)c1. The van der Waals surface area contributed by atoms with Crippen molar-refractivity contribution in [1.29, 1.82) is 0 Å². The van der Waals surface area contributed by atoms with Gasteiger partial charge in [-0.2, -0.15) is 0 Å². The third kappa shape index (κ3) is 6.76. The number of nitrogens with zero attached hydrogens (tertiary/aromatic N) is 1. The molecule has 0 saturated heterocycles. The van der Waals surface area contributed by atoms with Crippen LogP contribution in [0, 0.1) is 6.92 Å². The molecule has 0 unspecified atom stereocenters. The summed E-state index contributed by atoms with van der Waals surface area (Å²) in [5.41, 5.74) is 2.36. The van der Waals surface area contributed by atoms with Gasteiger partial charge in [0, 0.05) is 6.07 Å². The molecule has 35 heavy (non-hydrogen) atoms. The molecule has 0 radical (unpaired) electrons. The van der Waals surface area contributed by atoms with E-state index < -0.39 is 15.9 Å². The van der Waals surface area contributed by atoms with Crippen LogP contribution in [0.4, 0.5) is 5.69 Å². The van der Waals surface area contributed by atoms with Crippen LogP contribution < -0.4 is 19.1 Å². The maximum Gasteiger partial charge on any atom is 0.264 e. The lowest BCUT2D eigenvalue weighted by molar-refractivity contribution is -0.119. The van der Waals surface area contributed by atoms with Crippen molar-refractivity contribution in [3.05, 3.63) is 83.9 Å². The predicted molar refractivity (Wildman–Crippen MR) is 138 cm³/mol. The molecule has 3 rings (SSSR count). The number of hydrogen-bond acceptors (Lipinski definition) is 5. The standard InChI is InChI=1S/C27H32N2O5S/c1-20(2)25-10-5-6-11-26(25)34-17-16-28-27(30)19-29(22-8-7-9-23(18-22)33-4)35(31,32)24-14-12-21(3)13-15-24/h5-15,18,20H,16-17,19H2,1-4H3,(H,28,30). The van der Waals surface area contributed by atoms with Crippen LogP contribution in [-0.2, 0) is 14.8 Å². The molecule has 7 nitrogen and oxygen atoms in total. The summed E-state index contributed by atoms with van der Waals surface area (Å²) in [4.78, 5) is 12.9. The number of carbonyl (C=O) groups is 1. The van der Waals surface area contributed by atoms with Crippen molar-refractivity contribution >= 4 is 21.6 Å². The fourth-order valence-corrected chi connectivity index (χ4v) is 4.96. The zero-order chi connectivity index (χ0) is 25.4. The van der Waals surface area contributed by atoms with E-state index in [4.69, 9.17) is 9.47 Å². The van der Waals surface area contributed by atoms with E-state index in [0.29, 0.717) is 17.4 Å². The highest BCUT2D eigenvalue weighted by Crippen LogP contribution is 2.27. The van der Waals surface area contributed by atoms with E-state index in [1.165, 1.54) is 19.2 Å². The number of para-hydroxylation sites is 1. The number of sulfonamides is 1. The van der Waals surface area contributed by atoms with Crippen LogP contribution in [0.2, 0.25) is 0 Å². The van der Waals surface area contributed by atoms with Gasteiger partial charge in [0.1, 0.15) is 24.7 Å². The van der Waals surface area contributed by atoms with Crippen LogP contribution in [0.15, 0.2) is 77.7 Å². The van der Waals surface area contributed by atoms with E-state index in [1.54, 1.807) is 36.4 Å². The summed E-state index contributed by atoms with van der Waals surface area (Å²) < 4.78 is 39.1. The molecule has 0 atom stereocenters. The van der Waals surface area contributed by atoms with Crippen LogP contribution in [0.3, 0.4) is 0 Å². The Kier molecular flexibility index (Phi) is 8.76. The highest BCUT2D eigenvalue weighted by Gasteiger charge is 2.27. The van der Waals surface area contributed by atoms with Crippen LogP contribution in [0.5, 0.6) is 11.5 Å². The van der Waals surface area contributed by atoms with E-state index >= 15 is 0 Å². The summed E-state index contributed by atoms with van der Waals surface area (Å²) in [5.74, 6) is 1.13. The topological polar surface area (TPSA) is 84.9 Å². The first-order valence-corrected chi connectivity index (χ1v) is 12.9. The highest BCUT2D eigenvalue weighted by atomic mass is 32.2. The first-order chi connectivity index (χ1) is 16.7. The fraction of sp³-hybridized carbons (Fsp3) is 0.296. The Bertz CT molecular complexity index is 1240. The van der Waals surface area contributed by atoms with Gasteiger partial charge in [0.15, 0.2) is 0 Å². The quantitative estimate of drug-likeness (QED) is 0.395. The van der Waals surface area contributed by atoms with E-state index in [2.05, 4.69) is 19.2 Å². The largest absolute Gasteiger partial charge is 0.497 e. The van der Waals surface area contributed by atoms with Gasteiger partial charge in [-0.05, 0) is 48.7 Å². The zero-order valence-corrected chi connectivity index (χ0v) is 21.3. The maximum absolute atomic E-state index is 13.5. The van der Waals surface area contributed by atoms with Gasteiger partial charge in [0.2, 0.25) is 5.91 Å². The van der Waals surface area contributed by atoms with E-state index in [9.17, 15) is 13.2 Å². The highest BCUT2D eigenvalue weighted by molar-refractivity contribution is 7.92. The van der Waals surface area contributed by atoms with E-state index in [-0.39, 0.29) is 24.6 Å². The minimum atomic E-state index is -3.99. The molecule has 0 heterocycles. The number of methoxy groups -OCH3 is 1. The van der Waals surface area contributed by atoms with Crippen molar-refractivity contribution in [3.63, 3.8) is 0 Å². The van der Waals surface area contributed by atoms with Crippen molar-refractivity contribution in [2.75, 3.05) is 31.1 Å². The number of aryl methyl sites for hydroxylation is 1.